The molecule has 0 aliphatic carbocycles. The van der Waals surface area contributed by atoms with E-state index < -0.39 is 5.41 Å². The minimum absolute atomic E-state index is 0.0668. The lowest BCUT2D eigenvalue weighted by molar-refractivity contribution is -0.128. The van der Waals surface area contributed by atoms with Crippen molar-refractivity contribution < 1.29 is 4.79 Å². The molecule has 0 radical (unpaired) electrons. The van der Waals surface area contributed by atoms with Crippen LogP contribution in [0.4, 0.5) is 0 Å². The van der Waals surface area contributed by atoms with E-state index in [0.717, 1.165) is 32.1 Å². The van der Waals surface area contributed by atoms with E-state index in [1.807, 2.05) is 20.8 Å². The predicted octanol–water partition coefficient (Wildman–Crippen LogP) is 3.10. The van der Waals surface area contributed by atoms with Gasteiger partial charge in [-0.2, -0.15) is 0 Å². The number of carbonyl (C=O) groups excluding carboxylic acids is 1. The fourth-order valence-corrected chi connectivity index (χ4v) is 4.88. The lowest BCUT2D eigenvalue weighted by Crippen LogP contribution is -2.56. The third-order valence-corrected chi connectivity index (χ3v) is 6.62. The van der Waals surface area contributed by atoms with Crippen molar-refractivity contribution in [1.29, 1.82) is 0 Å². The summed E-state index contributed by atoms with van der Waals surface area (Å²) >= 11 is 0. The monoisotopic (exact) mass is 427 g/mol. The van der Waals surface area contributed by atoms with Gasteiger partial charge in [0.2, 0.25) is 5.91 Å². The number of hydrogen-bond acceptors (Lipinski definition) is 3. The van der Waals surface area contributed by atoms with E-state index in [1.54, 1.807) is 0 Å². The second-order valence-corrected chi connectivity index (χ2v) is 9.57. The molecule has 0 bridgehead atoms. The van der Waals surface area contributed by atoms with Crippen LogP contribution in [0.3, 0.4) is 0 Å². The topological polar surface area (TPSA) is 60.0 Å². The Morgan fingerprint density at radius 3 is 2.55 bits per heavy atom. The molecule has 6 heteroatoms. The summed E-state index contributed by atoms with van der Waals surface area (Å²) in [6.45, 7) is 14.3. The highest BCUT2D eigenvalue weighted by Crippen LogP contribution is 2.31. The molecule has 2 N–H and O–H groups in total. The van der Waals surface area contributed by atoms with Gasteiger partial charge in [-0.3, -0.25) is 14.7 Å². The SMILES string of the molecule is CCNC(=O)C(C)(C)CN=C(NCC)N1CCC2C(CCCN2Cc2ccccc2)C1. The number of nitrogens with zero attached hydrogens (tertiary/aromatic N) is 3. The largest absolute Gasteiger partial charge is 0.357 e. The number of benzene rings is 1. The van der Waals surface area contributed by atoms with Gasteiger partial charge < -0.3 is 15.5 Å². The molecule has 2 heterocycles. The molecular weight excluding hydrogens is 386 g/mol. The van der Waals surface area contributed by atoms with E-state index >= 15 is 0 Å². The van der Waals surface area contributed by atoms with E-state index in [2.05, 4.69) is 57.7 Å². The molecule has 0 spiro atoms. The fraction of sp³-hybridized carbons (Fsp3) is 0.680. The molecule has 2 fully saturated rings. The van der Waals surface area contributed by atoms with Gasteiger partial charge in [-0.15, -0.1) is 0 Å². The summed E-state index contributed by atoms with van der Waals surface area (Å²) in [5.74, 6) is 1.70. The Morgan fingerprint density at radius 2 is 1.84 bits per heavy atom. The quantitative estimate of drug-likeness (QED) is 0.519. The van der Waals surface area contributed by atoms with Crippen LogP contribution in [0, 0.1) is 11.3 Å². The summed E-state index contributed by atoms with van der Waals surface area (Å²) < 4.78 is 0. The zero-order valence-corrected chi connectivity index (χ0v) is 19.9. The van der Waals surface area contributed by atoms with Gasteiger partial charge in [0.05, 0.1) is 12.0 Å². The van der Waals surface area contributed by atoms with E-state index in [9.17, 15) is 4.79 Å². The van der Waals surface area contributed by atoms with Crippen molar-refractivity contribution >= 4 is 11.9 Å². The van der Waals surface area contributed by atoms with Crippen LogP contribution < -0.4 is 10.6 Å². The third kappa shape index (κ3) is 6.22. The Morgan fingerprint density at radius 1 is 1.10 bits per heavy atom. The van der Waals surface area contributed by atoms with Gasteiger partial charge in [-0.05, 0) is 65.0 Å². The number of likely N-dealkylation sites (tertiary alicyclic amines) is 2. The highest BCUT2D eigenvalue weighted by atomic mass is 16.2. The summed E-state index contributed by atoms with van der Waals surface area (Å²) in [6.07, 6.45) is 3.72. The standard InChI is InChI=1S/C25H41N5O/c1-5-26-23(31)25(3,4)19-28-24(27-6-2)30-16-14-22-21(18-30)13-10-15-29(22)17-20-11-8-7-9-12-20/h7-9,11-12,21-22H,5-6,10,13-19H2,1-4H3,(H,26,31)(H,27,28). The Labute approximate surface area is 188 Å². The van der Waals surface area contributed by atoms with Crippen LogP contribution in [0.2, 0.25) is 0 Å². The summed E-state index contributed by atoms with van der Waals surface area (Å²) in [5, 5.41) is 6.41. The van der Waals surface area contributed by atoms with Crippen LogP contribution >= 0.6 is 0 Å². The number of aliphatic imine (C=N–C) groups is 1. The second kappa shape index (κ2) is 11.0. The molecule has 2 aliphatic heterocycles. The van der Waals surface area contributed by atoms with Crippen LogP contribution in [-0.4, -0.2) is 67.0 Å². The van der Waals surface area contributed by atoms with Gasteiger partial charge in [0.1, 0.15) is 0 Å². The number of piperidine rings is 2. The molecule has 172 valence electrons. The second-order valence-electron chi connectivity index (χ2n) is 9.57. The van der Waals surface area contributed by atoms with Crippen LogP contribution in [-0.2, 0) is 11.3 Å². The van der Waals surface area contributed by atoms with Gasteiger partial charge >= 0.3 is 0 Å². The molecule has 2 atom stereocenters. The zero-order valence-electron chi connectivity index (χ0n) is 19.9. The number of carbonyl (C=O) groups is 1. The summed E-state index contributed by atoms with van der Waals surface area (Å²) in [6, 6.07) is 11.5. The lowest BCUT2D eigenvalue weighted by Gasteiger charge is -2.48. The van der Waals surface area contributed by atoms with Crippen LogP contribution in [0.15, 0.2) is 35.3 Å². The number of guanidine groups is 1. The first kappa shape index (κ1) is 23.6. The van der Waals surface area contributed by atoms with Crippen molar-refractivity contribution in [3.63, 3.8) is 0 Å². The molecule has 1 aromatic carbocycles. The number of rotatable bonds is 7. The Hall–Kier alpha value is -2.08. The van der Waals surface area contributed by atoms with Gasteiger partial charge in [0.15, 0.2) is 5.96 Å². The molecule has 6 nitrogen and oxygen atoms in total. The number of amides is 1. The maximum absolute atomic E-state index is 12.4. The van der Waals surface area contributed by atoms with E-state index in [-0.39, 0.29) is 5.91 Å². The van der Waals surface area contributed by atoms with E-state index in [0.29, 0.717) is 25.0 Å². The van der Waals surface area contributed by atoms with Crippen LogP contribution in [0.25, 0.3) is 0 Å². The van der Waals surface area contributed by atoms with Gasteiger partial charge in [-0.1, -0.05) is 30.3 Å². The molecule has 0 aromatic heterocycles. The first-order valence-electron chi connectivity index (χ1n) is 12.0. The minimum Gasteiger partial charge on any atom is -0.357 e. The maximum Gasteiger partial charge on any atom is 0.227 e. The van der Waals surface area contributed by atoms with Gasteiger partial charge in [0.25, 0.3) is 0 Å². The van der Waals surface area contributed by atoms with E-state index in [1.165, 1.54) is 31.4 Å². The highest BCUT2D eigenvalue weighted by molar-refractivity contribution is 5.83. The molecule has 2 saturated heterocycles. The van der Waals surface area contributed by atoms with Crippen molar-refractivity contribution in [2.45, 2.75) is 59.5 Å². The number of hydrogen-bond donors (Lipinski definition) is 2. The normalized spacial score (nSPS) is 22.7. The molecular formula is C25H41N5O. The number of fused-ring (bicyclic) bond motifs is 1. The molecule has 2 unspecified atom stereocenters. The van der Waals surface area contributed by atoms with Crippen molar-refractivity contribution in [2.24, 2.45) is 16.3 Å². The Bertz CT molecular complexity index is 733. The smallest absolute Gasteiger partial charge is 0.227 e. The minimum atomic E-state index is -0.508. The van der Waals surface area contributed by atoms with Crippen molar-refractivity contribution in [2.75, 3.05) is 39.3 Å². The molecule has 31 heavy (non-hydrogen) atoms. The first-order chi connectivity index (χ1) is 14.9. The predicted molar refractivity (Wildman–Crippen MR) is 128 cm³/mol. The van der Waals surface area contributed by atoms with Crippen LogP contribution in [0.5, 0.6) is 0 Å². The first-order valence-corrected chi connectivity index (χ1v) is 12.0. The van der Waals surface area contributed by atoms with Crippen molar-refractivity contribution in [3.8, 4) is 0 Å². The average Bonchev–Trinajstić information content (AvgIpc) is 2.77. The third-order valence-electron chi connectivity index (χ3n) is 6.62. The van der Waals surface area contributed by atoms with E-state index in [4.69, 9.17) is 4.99 Å². The molecule has 1 aromatic rings. The molecule has 1 amide bonds. The van der Waals surface area contributed by atoms with Crippen molar-refractivity contribution in [1.82, 2.24) is 20.4 Å². The van der Waals surface area contributed by atoms with Crippen LogP contribution in [0.1, 0.15) is 52.5 Å². The average molecular weight is 428 g/mol. The summed E-state index contributed by atoms with van der Waals surface area (Å²) in [5.41, 5.74) is 0.903. The maximum atomic E-state index is 12.4. The lowest BCUT2D eigenvalue weighted by atomic mass is 9.83. The fourth-order valence-electron chi connectivity index (χ4n) is 4.88. The van der Waals surface area contributed by atoms with Gasteiger partial charge in [-0.25, -0.2) is 0 Å². The Balaban J connectivity index is 1.64. The molecule has 3 rings (SSSR count). The molecule has 0 saturated carbocycles. The Kier molecular flexibility index (Phi) is 8.35. The van der Waals surface area contributed by atoms with Crippen molar-refractivity contribution in [3.05, 3.63) is 35.9 Å². The summed E-state index contributed by atoms with van der Waals surface area (Å²) in [4.78, 5) is 22.4. The number of nitrogens with one attached hydrogen (secondary N) is 2. The van der Waals surface area contributed by atoms with Gasteiger partial charge in [0, 0.05) is 38.8 Å². The summed E-state index contributed by atoms with van der Waals surface area (Å²) in [7, 11) is 0. The highest BCUT2D eigenvalue weighted by Gasteiger charge is 2.37. The molecule has 2 aliphatic rings. The zero-order chi connectivity index (χ0) is 22.3.